The summed E-state index contributed by atoms with van der Waals surface area (Å²) in [4.78, 5) is 30.3. The van der Waals surface area contributed by atoms with Crippen molar-refractivity contribution in [2.24, 2.45) is 11.8 Å². The molecule has 2 fully saturated rings. The maximum absolute atomic E-state index is 13.0. The standard InChI is InChI=1S/C46H50N4O4/c1-54-44-30-28-43(29-31-44)50(40-22-16-37(17-23-40)48-46(53)35-10-6-3-7-11-35)42-26-24-41(25-27-42)49(38-18-12-33(32-51)13-19-38)39-20-14-36(15-21-39)47-45(52)34-8-4-2-5-9-34/h12-31,34-35,51H,2-11,32H2,1H3,(H,47,52)(H,48,53). The van der Waals surface area contributed by atoms with E-state index in [2.05, 4.69) is 44.7 Å². The van der Waals surface area contributed by atoms with E-state index in [1.807, 2.05) is 97.1 Å². The second-order valence-electron chi connectivity index (χ2n) is 14.5. The lowest BCUT2D eigenvalue weighted by Crippen LogP contribution is -2.24. The van der Waals surface area contributed by atoms with Gasteiger partial charge >= 0.3 is 0 Å². The van der Waals surface area contributed by atoms with Crippen molar-refractivity contribution in [3.63, 3.8) is 0 Å². The van der Waals surface area contributed by atoms with E-state index in [-0.39, 0.29) is 30.3 Å². The number of nitrogens with one attached hydrogen (secondary N) is 2. The minimum absolute atomic E-state index is 0.0283. The number of rotatable bonds is 12. The van der Waals surface area contributed by atoms with Crippen molar-refractivity contribution >= 4 is 57.3 Å². The Balaban J connectivity index is 1.17. The molecule has 5 aromatic rings. The number of ether oxygens (including phenoxy) is 1. The van der Waals surface area contributed by atoms with E-state index in [1.165, 1.54) is 12.8 Å². The molecule has 2 aliphatic carbocycles. The Kier molecular flexibility index (Phi) is 11.9. The van der Waals surface area contributed by atoms with Crippen LogP contribution in [0, 0.1) is 11.8 Å². The van der Waals surface area contributed by atoms with Gasteiger partial charge in [-0.3, -0.25) is 9.59 Å². The van der Waals surface area contributed by atoms with Gasteiger partial charge in [-0.15, -0.1) is 0 Å². The predicted octanol–water partition coefficient (Wildman–Crippen LogP) is 11.2. The number of aliphatic hydroxyl groups is 1. The summed E-state index contributed by atoms with van der Waals surface area (Å²) in [5.41, 5.74) is 8.12. The molecule has 0 heterocycles. The molecule has 0 atom stereocenters. The van der Waals surface area contributed by atoms with Crippen LogP contribution in [0.4, 0.5) is 45.5 Å². The van der Waals surface area contributed by atoms with Crippen molar-refractivity contribution < 1.29 is 19.4 Å². The molecule has 7 rings (SSSR count). The molecule has 0 bridgehead atoms. The van der Waals surface area contributed by atoms with Crippen LogP contribution in [0.15, 0.2) is 121 Å². The molecule has 54 heavy (non-hydrogen) atoms. The highest BCUT2D eigenvalue weighted by molar-refractivity contribution is 5.94. The fourth-order valence-corrected chi connectivity index (χ4v) is 7.73. The van der Waals surface area contributed by atoms with Crippen LogP contribution < -0.4 is 25.2 Å². The Bertz CT molecular complexity index is 1820. The van der Waals surface area contributed by atoms with Crippen LogP contribution in [-0.4, -0.2) is 24.0 Å². The molecule has 0 aliphatic heterocycles. The first-order chi connectivity index (χ1) is 26.5. The SMILES string of the molecule is COc1ccc(N(c2ccc(NC(=O)C3CCCCC3)cc2)c2ccc(N(c3ccc(CO)cc3)c3ccc(NC(=O)C4CCCCC4)cc3)cc2)cc1. The normalized spacial score (nSPS) is 14.9. The van der Waals surface area contributed by atoms with Crippen molar-refractivity contribution in [3.8, 4) is 5.75 Å². The fourth-order valence-electron chi connectivity index (χ4n) is 7.73. The molecule has 278 valence electrons. The van der Waals surface area contributed by atoms with Crippen molar-refractivity contribution in [2.75, 3.05) is 27.5 Å². The molecule has 2 aliphatic rings. The van der Waals surface area contributed by atoms with Crippen molar-refractivity contribution in [3.05, 3.63) is 127 Å². The fraction of sp³-hybridized carbons (Fsp3) is 0.304. The lowest BCUT2D eigenvalue weighted by molar-refractivity contribution is -0.121. The van der Waals surface area contributed by atoms with Crippen molar-refractivity contribution in [1.29, 1.82) is 0 Å². The zero-order valence-electron chi connectivity index (χ0n) is 31.0. The number of hydrogen-bond acceptors (Lipinski definition) is 6. The lowest BCUT2D eigenvalue weighted by atomic mass is 9.88. The van der Waals surface area contributed by atoms with Gasteiger partial charge in [0.15, 0.2) is 0 Å². The van der Waals surface area contributed by atoms with E-state index in [9.17, 15) is 14.7 Å². The third-order valence-electron chi connectivity index (χ3n) is 10.8. The van der Waals surface area contributed by atoms with Gasteiger partial charge in [0.1, 0.15) is 5.75 Å². The quantitative estimate of drug-likeness (QED) is 0.119. The molecule has 0 spiro atoms. The smallest absolute Gasteiger partial charge is 0.227 e. The van der Waals surface area contributed by atoms with E-state index in [4.69, 9.17) is 4.74 Å². The van der Waals surface area contributed by atoms with Gasteiger partial charge in [0.05, 0.1) is 13.7 Å². The van der Waals surface area contributed by atoms with E-state index in [1.54, 1.807) is 7.11 Å². The van der Waals surface area contributed by atoms with Crippen LogP contribution in [0.5, 0.6) is 5.75 Å². The number of aliphatic hydroxyl groups excluding tert-OH is 1. The zero-order chi connectivity index (χ0) is 37.3. The van der Waals surface area contributed by atoms with E-state index < -0.39 is 0 Å². The molecule has 2 amide bonds. The molecule has 0 radical (unpaired) electrons. The van der Waals surface area contributed by atoms with E-state index in [0.29, 0.717) is 0 Å². The minimum Gasteiger partial charge on any atom is -0.497 e. The molecular weight excluding hydrogens is 673 g/mol. The summed E-state index contributed by atoms with van der Waals surface area (Å²) >= 11 is 0. The highest BCUT2D eigenvalue weighted by atomic mass is 16.5. The number of nitrogens with zero attached hydrogens (tertiary/aromatic N) is 2. The Morgan fingerprint density at radius 3 is 1.17 bits per heavy atom. The number of hydrogen-bond donors (Lipinski definition) is 3. The topological polar surface area (TPSA) is 94.1 Å². The van der Waals surface area contributed by atoms with E-state index >= 15 is 0 Å². The molecule has 0 aromatic heterocycles. The first-order valence-electron chi connectivity index (χ1n) is 19.3. The Labute approximate surface area is 318 Å². The molecular formula is C46H50N4O4. The third kappa shape index (κ3) is 8.77. The van der Waals surface area contributed by atoms with E-state index in [0.717, 1.165) is 108 Å². The van der Waals surface area contributed by atoms with Crippen molar-refractivity contribution in [1.82, 2.24) is 0 Å². The number of methoxy groups -OCH3 is 1. The molecule has 0 unspecified atom stereocenters. The monoisotopic (exact) mass is 722 g/mol. The van der Waals surface area contributed by atoms with Crippen LogP contribution in [0.1, 0.15) is 69.8 Å². The Hall–Kier alpha value is -5.60. The van der Waals surface area contributed by atoms with Gasteiger partial charge in [-0.1, -0.05) is 50.7 Å². The maximum atomic E-state index is 13.0. The predicted molar refractivity (Wildman–Crippen MR) is 219 cm³/mol. The first-order valence-corrected chi connectivity index (χ1v) is 19.3. The molecule has 0 saturated heterocycles. The molecule has 8 nitrogen and oxygen atoms in total. The van der Waals surface area contributed by atoms with Gasteiger partial charge in [-0.05, 0) is 140 Å². The van der Waals surface area contributed by atoms with Crippen LogP contribution in [0.3, 0.4) is 0 Å². The van der Waals surface area contributed by atoms with Crippen LogP contribution in [-0.2, 0) is 16.2 Å². The van der Waals surface area contributed by atoms with Crippen LogP contribution in [0.25, 0.3) is 0 Å². The lowest BCUT2D eigenvalue weighted by Gasteiger charge is -2.29. The first kappa shape index (κ1) is 36.7. The van der Waals surface area contributed by atoms with Gasteiger partial charge in [0.2, 0.25) is 11.8 Å². The van der Waals surface area contributed by atoms with Gasteiger partial charge in [-0.2, -0.15) is 0 Å². The van der Waals surface area contributed by atoms with Gasteiger partial charge in [0, 0.05) is 57.3 Å². The number of anilines is 8. The van der Waals surface area contributed by atoms with Gasteiger partial charge in [-0.25, -0.2) is 0 Å². The zero-order valence-corrected chi connectivity index (χ0v) is 31.0. The Morgan fingerprint density at radius 1 is 0.519 bits per heavy atom. The largest absolute Gasteiger partial charge is 0.497 e. The number of amides is 2. The second kappa shape index (κ2) is 17.5. The van der Waals surface area contributed by atoms with Crippen molar-refractivity contribution in [2.45, 2.75) is 70.8 Å². The number of carbonyl (C=O) groups excluding carboxylic acids is 2. The number of carbonyl (C=O) groups is 2. The summed E-state index contributed by atoms with van der Waals surface area (Å²) < 4.78 is 5.46. The average Bonchev–Trinajstić information content (AvgIpc) is 3.24. The molecule has 2 saturated carbocycles. The van der Waals surface area contributed by atoms with Crippen LogP contribution >= 0.6 is 0 Å². The highest BCUT2D eigenvalue weighted by Crippen LogP contribution is 2.40. The van der Waals surface area contributed by atoms with Gasteiger partial charge < -0.3 is 30.3 Å². The second-order valence-corrected chi connectivity index (χ2v) is 14.5. The van der Waals surface area contributed by atoms with Gasteiger partial charge in [0.25, 0.3) is 0 Å². The average molecular weight is 723 g/mol. The summed E-state index contributed by atoms with van der Waals surface area (Å²) in [6.07, 6.45) is 10.7. The molecule has 8 heteroatoms. The molecule has 5 aromatic carbocycles. The van der Waals surface area contributed by atoms with Crippen LogP contribution in [0.2, 0.25) is 0 Å². The molecule has 3 N–H and O–H groups in total. The maximum Gasteiger partial charge on any atom is 0.227 e. The third-order valence-corrected chi connectivity index (χ3v) is 10.8. The summed E-state index contributed by atoms with van der Waals surface area (Å²) in [7, 11) is 1.66. The summed E-state index contributed by atoms with van der Waals surface area (Å²) in [6, 6.07) is 40.3. The summed E-state index contributed by atoms with van der Waals surface area (Å²) in [5.74, 6) is 1.16. The summed E-state index contributed by atoms with van der Waals surface area (Å²) in [5, 5.41) is 16.0. The Morgan fingerprint density at radius 2 is 0.833 bits per heavy atom. The number of benzene rings is 5. The minimum atomic E-state index is -0.0283. The highest BCUT2D eigenvalue weighted by Gasteiger charge is 2.23. The summed E-state index contributed by atoms with van der Waals surface area (Å²) in [6.45, 7) is -0.0283.